The summed E-state index contributed by atoms with van der Waals surface area (Å²) in [5.74, 6) is 0. The van der Waals surface area contributed by atoms with Crippen molar-refractivity contribution < 1.29 is 4.74 Å². The number of nitrogens with one attached hydrogen (secondary N) is 1. The van der Waals surface area contributed by atoms with E-state index in [1.54, 1.807) is 0 Å². The fourth-order valence-corrected chi connectivity index (χ4v) is 2.19. The maximum Gasteiger partial charge on any atom is 0.0955 e. The van der Waals surface area contributed by atoms with Crippen molar-refractivity contribution in [1.82, 2.24) is 5.32 Å². The van der Waals surface area contributed by atoms with Gasteiger partial charge in [-0.15, -0.1) is 0 Å². The topological polar surface area (TPSA) is 21.3 Å². The molecule has 1 fully saturated rings. The van der Waals surface area contributed by atoms with E-state index in [1.807, 2.05) is 0 Å². The molecule has 0 radical (unpaired) electrons. The van der Waals surface area contributed by atoms with Crippen LogP contribution in [-0.2, 0) is 4.74 Å². The van der Waals surface area contributed by atoms with Crippen molar-refractivity contribution in [3.63, 3.8) is 0 Å². The highest BCUT2D eigenvalue weighted by atomic mass is 16.5. The lowest BCUT2D eigenvalue weighted by molar-refractivity contribution is -0.0520. The molecule has 0 saturated heterocycles. The minimum Gasteiger partial charge on any atom is -0.369 e. The molecule has 0 aromatic heterocycles. The Balaban J connectivity index is 2.05. The minimum absolute atomic E-state index is 0.210. The third-order valence-corrected chi connectivity index (χ3v) is 3.52. The molecule has 2 rings (SSSR count). The summed E-state index contributed by atoms with van der Waals surface area (Å²) >= 11 is 0. The number of ether oxygens (including phenoxy) is 1. The molecule has 0 bridgehead atoms. The average molecular weight is 233 g/mol. The number of benzene rings is 1. The van der Waals surface area contributed by atoms with Crippen LogP contribution in [0.25, 0.3) is 0 Å². The van der Waals surface area contributed by atoms with Crippen LogP contribution in [0.2, 0.25) is 0 Å². The fourth-order valence-electron chi connectivity index (χ4n) is 2.19. The SMILES string of the molecule is CCNCC(OC1CCC1)c1ccccc1C. The van der Waals surface area contributed by atoms with Crippen LogP contribution in [-0.4, -0.2) is 19.2 Å². The van der Waals surface area contributed by atoms with E-state index in [9.17, 15) is 0 Å². The molecule has 0 spiro atoms. The number of aryl methyl sites for hydroxylation is 1. The third kappa shape index (κ3) is 3.30. The summed E-state index contributed by atoms with van der Waals surface area (Å²) in [6, 6.07) is 8.55. The first-order valence-electron chi connectivity index (χ1n) is 6.73. The van der Waals surface area contributed by atoms with Gasteiger partial charge in [0.05, 0.1) is 12.2 Å². The van der Waals surface area contributed by atoms with Crippen molar-refractivity contribution >= 4 is 0 Å². The summed E-state index contributed by atoms with van der Waals surface area (Å²) < 4.78 is 6.19. The maximum atomic E-state index is 6.19. The normalized spacial score (nSPS) is 17.8. The van der Waals surface area contributed by atoms with E-state index in [1.165, 1.54) is 30.4 Å². The molecule has 1 aromatic carbocycles. The van der Waals surface area contributed by atoms with E-state index in [0.29, 0.717) is 6.10 Å². The fraction of sp³-hybridized carbons (Fsp3) is 0.600. The van der Waals surface area contributed by atoms with E-state index < -0.39 is 0 Å². The summed E-state index contributed by atoms with van der Waals surface area (Å²) in [4.78, 5) is 0. The molecule has 1 saturated carbocycles. The Morgan fingerprint density at radius 2 is 2.12 bits per heavy atom. The highest BCUT2D eigenvalue weighted by Crippen LogP contribution is 2.29. The van der Waals surface area contributed by atoms with Gasteiger partial charge in [0.15, 0.2) is 0 Å². The average Bonchev–Trinajstić information content (AvgIpc) is 2.28. The second kappa shape index (κ2) is 6.18. The van der Waals surface area contributed by atoms with Crippen molar-refractivity contribution in [2.75, 3.05) is 13.1 Å². The Kier molecular flexibility index (Phi) is 4.57. The molecular formula is C15H23NO. The van der Waals surface area contributed by atoms with Crippen LogP contribution >= 0.6 is 0 Å². The Morgan fingerprint density at radius 3 is 2.71 bits per heavy atom. The molecule has 17 heavy (non-hydrogen) atoms. The molecule has 1 N–H and O–H groups in total. The van der Waals surface area contributed by atoms with Gasteiger partial charge in [-0.05, 0) is 43.9 Å². The van der Waals surface area contributed by atoms with Crippen molar-refractivity contribution in [2.45, 2.75) is 45.3 Å². The Bertz CT molecular complexity index is 347. The van der Waals surface area contributed by atoms with Gasteiger partial charge in [0.2, 0.25) is 0 Å². The molecule has 1 unspecified atom stereocenters. The Labute approximate surface area is 104 Å². The zero-order valence-electron chi connectivity index (χ0n) is 10.9. The second-order valence-corrected chi connectivity index (χ2v) is 4.84. The predicted octanol–water partition coefficient (Wildman–Crippen LogP) is 3.21. The summed E-state index contributed by atoms with van der Waals surface area (Å²) in [6.45, 7) is 6.21. The van der Waals surface area contributed by atoms with Crippen LogP contribution in [0.3, 0.4) is 0 Å². The van der Waals surface area contributed by atoms with Gasteiger partial charge in [0.25, 0.3) is 0 Å². The molecule has 94 valence electrons. The van der Waals surface area contributed by atoms with Gasteiger partial charge in [0, 0.05) is 6.54 Å². The number of rotatable bonds is 6. The molecule has 1 atom stereocenters. The van der Waals surface area contributed by atoms with Gasteiger partial charge in [-0.3, -0.25) is 0 Å². The molecule has 0 aliphatic heterocycles. The zero-order valence-corrected chi connectivity index (χ0v) is 10.9. The van der Waals surface area contributed by atoms with Gasteiger partial charge in [0.1, 0.15) is 0 Å². The quantitative estimate of drug-likeness (QED) is 0.814. The Morgan fingerprint density at radius 1 is 1.35 bits per heavy atom. The van der Waals surface area contributed by atoms with Crippen molar-refractivity contribution in [2.24, 2.45) is 0 Å². The molecular weight excluding hydrogens is 210 g/mol. The van der Waals surface area contributed by atoms with E-state index in [2.05, 4.69) is 43.4 Å². The van der Waals surface area contributed by atoms with Crippen molar-refractivity contribution in [3.8, 4) is 0 Å². The van der Waals surface area contributed by atoms with E-state index >= 15 is 0 Å². The van der Waals surface area contributed by atoms with Gasteiger partial charge < -0.3 is 10.1 Å². The van der Waals surface area contributed by atoms with Gasteiger partial charge in [-0.25, -0.2) is 0 Å². The van der Waals surface area contributed by atoms with Crippen LogP contribution < -0.4 is 5.32 Å². The number of likely N-dealkylation sites (N-methyl/N-ethyl adjacent to an activating group) is 1. The summed E-state index contributed by atoms with van der Waals surface area (Å²) in [5, 5.41) is 3.40. The lowest BCUT2D eigenvalue weighted by atomic mass is 9.95. The van der Waals surface area contributed by atoms with Crippen LogP contribution in [0, 0.1) is 6.92 Å². The van der Waals surface area contributed by atoms with Gasteiger partial charge >= 0.3 is 0 Å². The third-order valence-electron chi connectivity index (χ3n) is 3.52. The molecule has 1 aromatic rings. The van der Waals surface area contributed by atoms with Gasteiger partial charge in [-0.2, -0.15) is 0 Å². The minimum atomic E-state index is 0.210. The first-order chi connectivity index (χ1) is 8.31. The van der Waals surface area contributed by atoms with E-state index in [0.717, 1.165) is 13.1 Å². The number of hydrogen-bond acceptors (Lipinski definition) is 2. The molecule has 0 heterocycles. The maximum absolute atomic E-state index is 6.19. The standard InChI is InChI=1S/C15H23NO/c1-3-16-11-15(17-13-8-6-9-13)14-10-5-4-7-12(14)2/h4-5,7,10,13,15-16H,3,6,8-9,11H2,1-2H3. The van der Waals surface area contributed by atoms with Gasteiger partial charge in [-0.1, -0.05) is 31.2 Å². The van der Waals surface area contributed by atoms with Crippen LogP contribution in [0.1, 0.15) is 43.4 Å². The lowest BCUT2D eigenvalue weighted by Crippen LogP contribution is -2.30. The molecule has 1 aliphatic carbocycles. The molecule has 2 heteroatoms. The predicted molar refractivity (Wildman–Crippen MR) is 71.2 cm³/mol. The smallest absolute Gasteiger partial charge is 0.0955 e. The van der Waals surface area contributed by atoms with E-state index in [4.69, 9.17) is 4.74 Å². The summed E-state index contributed by atoms with van der Waals surface area (Å²) in [7, 11) is 0. The Hall–Kier alpha value is -0.860. The van der Waals surface area contributed by atoms with Crippen molar-refractivity contribution in [1.29, 1.82) is 0 Å². The second-order valence-electron chi connectivity index (χ2n) is 4.84. The molecule has 0 amide bonds. The number of hydrogen-bond donors (Lipinski definition) is 1. The monoisotopic (exact) mass is 233 g/mol. The van der Waals surface area contributed by atoms with Crippen LogP contribution in [0.5, 0.6) is 0 Å². The largest absolute Gasteiger partial charge is 0.369 e. The lowest BCUT2D eigenvalue weighted by Gasteiger charge is -2.31. The van der Waals surface area contributed by atoms with Crippen molar-refractivity contribution in [3.05, 3.63) is 35.4 Å². The molecule has 1 aliphatic rings. The molecule has 2 nitrogen and oxygen atoms in total. The first kappa shape index (κ1) is 12.6. The first-order valence-corrected chi connectivity index (χ1v) is 6.73. The summed E-state index contributed by atoms with van der Waals surface area (Å²) in [6.07, 6.45) is 4.48. The highest BCUT2D eigenvalue weighted by molar-refractivity contribution is 5.28. The zero-order chi connectivity index (χ0) is 12.1. The highest BCUT2D eigenvalue weighted by Gasteiger charge is 2.23. The van der Waals surface area contributed by atoms with Crippen LogP contribution in [0.15, 0.2) is 24.3 Å². The summed E-state index contributed by atoms with van der Waals surface area (Å²) in [5.41, 5.74) is 2.66. The van der Waals surface area contributed by atoms with Crippen LogP contribution in [0.4, 0.5) is 0 Å². The van der Waals surface area contributed by atoms with E-state index in [-0.39, 0.29) is 6.10 Å².